The summed E-state index contributed by atoms with van der Waals surface area (Å²) in [5.41, 5.74) is 0.819. The molecule has 0 aliphatic rings. The SMILES string of the molecule is O=C(Nc1cccnc1)c1cc(C#CCO)ccc1F. The lowest BCUT2D eigenvalue weighted by Crippen LogP contribution is -2.14. The number of aliphatic hydroxyl groups is 1. The highest BCUT2D eigenvalue weighted by molar-refractivity contribution is 6.04. The van der Waals surface area contributed by atoms with Crippen LogP contribution in [0.15, 0.2) is 42.7 Å². The van der Waals surface area contributed by atoms with Crippen LogP contribution in [0.1, 0.15) is 15.9 Å². The Kier molecular flexibility index (Phi) is 4.43. The van der Waals surface area contributed by atoms with E-state index in [9.17, 15) is 9.18 Å². The Bertz CT molecular complexity index is 675. The maximum Gasteiger partial charge on any atom is 0.258 e. The first-order chi connectivity index (χ1) is 9.70. The first kappa shape index (κ1) is 13.7. The van der Waals surface area contributed by atoms with Crippen molar-refractivity contribution in [1.29, 1.82) is 0 Å². The molecule has 20 heavy (non-hydrogen) atoms. The summed E-state index contributed by atoms with van der Waals surface area (Å²) in [6.45, 7) is -0.297. The Morgan fingerprint density at radius 1 is 1.40 bits per heavy atom. The highest BCUT2D eigenvalue weighted by Gasteiger charge is 2.12. The molecule has 0 fully saturated rings. The maximum atomic E-state index is 13.7. The lowest BCUT2D eigenvalue weighted by Gasteiger charge is -2.06. The minimum atomic E-state index is -0.638. The summed E-state index contributed by atoms with van der Waals surface area (Å²) in [4.78, 5) is 15.8. The lowest BCUT2D eigenvalue weighted by atomic mass is 10.1. The number of rotatable bonds is 2. The third-order valence-corrected chi connectivity index (χ3v) is 2.44. The molecule has 0 spiro atoms. The van der Waals surface area contributed by atoms with Gasteiger partial charge in [-0.15, -0.1) is 0 Å². The number of amides is 1. The summed E-state index contributed by atoms with van der Waals surface area (Å²) in [7, 11) is 0. The van der Waals surface area contributed by atoms with Crippen LogP contribution in [0.25, 0.3) is 0 Å². The second kappa shape index (κ2) is 6.45. The fourth-order valence-electron chi connectivity index (χ4n) is 1.55. The second-order valence-corrected chi connectivity index (χ2v) is 3.85. The Labute approximate surface area is 115 Å². The van der Waals surface area contributed by atoms with Crippen molar-refractivity contribution >= 4 is 11.6 Å². The Balaban J connectivity index is 2.25. The van der Waals surface area contributed by atoms with E-state index < -0.39 is 11.7 Å². The van der Waals surface area contributed by atoms with Crippen molar-refractivity contribution in [3.8, 4) is 11.8 Å². The normalized spacial score (nSPS) is 9.50. The topological polar surface area (TPSA) is 62.2 Å². The number of nitrogens with zero attached hydrogens (tertiary/aromatic N) is 1. The van der Waals surface area contributed by atoms with Crippen molar-refractivity contribution < 1.29 is 14.3 Å². The molecule has 100 valence electrons. The van der Waals surface area contributed by atoms with Gasteiger partial charge in [-0.1, -0.05) is 11.8 Å². The van der Waals surface area contributed by atoms with E-state index in [1.807, 2.05) is 0 Å². The second-order valence-electron chi connectivity index (χ2n) is 3.85. The number of pyridine rings is 1. The van der Waals surface area contributed by atoms with Gasteiger partial charge in [-0.2, -0.15) is 0 Å². The van der Waals surface area contributed by atoms with E-state index >= 15 is 0 Å². The molecule has 0 bridgehead atoms. The van der Waals surface area contributed by atoms with Crippen molar-refractivity contribution in [2.45, 2.75) is 0 Å². The zero-order valence-corrected chi connectivity index (χ0v) is 10.4. The van der Waals surface area contributed by atoms with Crippen LogP contribution in [0, 0.1) is 17.7 Å². The molecule has 0 saturated heterocycles. The number of benzene rings is 1. The predicted molar refractivity (Wildman–Crippen MR) is 72.6 cm³/mol. The molecule has 0 radical (unpaired) electrons. The van der Waals surface area contributed by atoms with Crippen molar-refractivity contribution in [2.24, 2.45) is 0 Å². The number of carbonyl (C=O) groups excluding carboxylic acids is 1. The van der Waals surface area contributed by atoms with Gasteiger partial charge in [0.15, 0.2) is 0 Å². The Morgan fingerprint density at radius 3 is 2.95 bits per heavy atom. The molecule has 0 unspecified atom stereocenters. The fraction of sp³-hybridized carbons (Fsp3) is 0.0667. The summed E-state index contributed by atoms with van der Waals surface area (Å²) in [5.74, 6) is 3.84. The van der Waals surface area contributed by atoms with Crippen molar-refractivity contribution in [3.63, 3.8) is 0 Å². The molecule has 1 amide bonds. The van der Waals surface area contributed by atoms with Gasteiger partial charge in [0, 0.05) is 11.8 Å². The standard InChI is InChI=1S/C15H11FN2O2/c16-14-6-5-11(3-2-8-19)9-13(14)15(20)18-12-4-1-7-17-10-12/h1,4-7,9-10,19H,8H2,(H,18,20). The molecule has 2 aromatic rings. The van der Waals surface area contributed by atoms with Crippen molar-refractivity contribution in [1.82, 2.24) is 4.98 Å². The highest BCUT2D eigenvalue weighted by atomic mass is 19.1. The van der Waals surface area contributed by atoms with Gasteiger partial charge in [0.25, 0.3) is 5.91 Å². The van der Waals surface area contributed by atoms with Gasteiger partial charge < -0.3 is 10.4 Å². The number of hydrogen-bond donors (Lipinski definition) is 2. The van der Waals surface area contributed by atoms with E-state index in [0.29, 0.717) is 11.3 Å². The maximum absolute atomic E-state index is 13.7. The number of hydrogen-bond acceptors (Lipinski definition) is 3. The minimum absolute atomic E-state index is 0.112. The Morgan fingerprint density at radius 2 is 2.25 bits per heavy atom. The quantitative estimate of drug-likeness (QED) is 0.818. The van der Waals surface area contributed by atoms with E-state index in [1.165, 1.54) is 24.4 Å². The molecule has 0 aliphatic carbocycles. The van der Waals surface area contributed by atoms with E-state index in [4.69, 9.17) is 5.11 Å². The molecular formula is C15H11FN2O2. The molecule has 0 aliphatic heterocycles. The third-order valence-electron chi connectivity index (χ3n) is 2.44. The van der Waals surface area contributed by atoms with Gasteiger partial charge in [0.1, 0.15) is 12.4 Å². The van der Waals surface area contributed by atoms with E-state index in [0.717, 1.165) is 0 Å². The average molecular weight is 270 g/mol. The summed E-state index contributed by atoms with van der Waals surface area (Å²) in [6, 6.07) is 7.26. The van der Waals surface area contributed by atoms with Crippen LogP contribution < -0.4 is 5.32 Å². The average Bonchev–Trinajstić information content (AvgIpc) is 2.47. The van der Waals surface area contributed by atoms with Crippen LogP contribution in [0.5, 0.6) is 0 Å². The number of nitrogens with one attached hydrogen (secondary N) is 1. The van der Waals surface area contributed by atoms with Crippen molar-refractivity contribution in [3.05, 3.63) is 59.7 Å². The van der Waals surface area contributed by atoms with Gasteiger partial charge in [-0.3, -0.25) is 9.78 Å². The van der Waals surface area contributed by atoms with Crippen LogP contribution in [-0.4, -0.2) is 22.6 Å². The van der Waals surface area contributed by atoms with Gasteiger partial charge in [-0.05, 0) is 30.3 Å². The molecule has 1 aromatic carbocycles. The molecular weight excluding hydrogens is 259 g/mol. The van der Waals surface area contributed by atoms with Crippen LogP contribution in [0.2, 0.25) is 0 Å². The number of aromatic nitrogens is 1. The summed E-state index contributed by atoms with van der Waals surface area (Å²) in [5, 5.41) is 11.2. The van der Waals surface area contributed by atoms with E-state index in [1.54, 1.807) is 18.3 Å². The summed E-state index contributed by atoms with van der Waals surface area (Å²) in [6.07, 6.45) is 3.03. The number of aliphatic hydroxyl groups excluding tert-OH is 1. The van der Waals surface area contributed by atoms with Crippen LogP contribution >= 0.6 is 0 Å². The molecule has 5 heteroatoms. The lowest BCUT2D eigenvalue weighted by molar-refractivity contribution is 0.102. The molecule has 2 N–H and O–H groups in total. The van der Waals surface area contributed by atoms with Crippen molar-refractivity contribution in [2.75, 3.05) is 11.9 Å². The zero-order chi connectivity index (χ0) is 14.4. The first-order valence-electron chi connectivity index (χ1n) is 5.81. The number of carbonyl (C=O) groups is 1. The molecule has 1 heterocycles. The smallest absolute Gasteiger partial charge is 0.258 e. The number of halogens is 1. The van der Waals surface area contributed by atoms with E-state index in [-0.39, 0.29) is 12.2 Å². The molecule has 4 nitrogen and oxygen atoms in total. The molecule has 0 saturated carbocycles. The third kappa shape index (κ3) is 3.40. The van der Waals surface area contributed by atoms with E-state index in [2.05, 4.69) is 22.1 Å². The first-order valence-corrected chi connectivity index (χ1v) is 5.81. The molecule has 0 atom stereocenters. The van der Waals surface area contributed by atoms with Crippen LogP contribution in [-0.2, 0) is 0 Å². The van der Waals surface area contributed by atoms with Crippen LogP contribution in [0.4, 0.5) is 10.1 Å². The molecule has 1 aromatic heterocycles. The highest BCUT2D eigenvalue weighted by Crippen LogP contribution is 2.13. The van der Waals surface area contributed by atoms with Gasteiger partial charge in [-0.25, -0.2) is 4.39 Å². The predicted octanol–water partition coefficient (Wildman–Crippen LogP) is 1.82. The Hall–Kier alpha value is -2.71. The summed E-state index contributed by atoms with van der Waals surface area (Å²) >= 11 is 0. The monoisotopic (exact) mass is 270 g/mol. The largest absolute Gasteiger partial charge is 0.384 e. The van der Waals surface area contributed by atoms with Crippen LogP contribution in [0.3, 0.4) is 0 Å². The fourth-order valence-corrected chi connectivity index (χ4v) is 1.55. The zero-order valence-electron chi connectivity index (χ0n) is 10.4. The van der Waals surface area contributed by atoms with Gasteiger partial charge in [0.05, 0.1) is 17.4 Å². The van der Waals surface area contributed by atoms with Gasteiger partial charge >= 0.3 is 0 Å². The summed E-state index contributed by atoms with van der Waals surface area (Å²) < 4.78 is 13.7. The van der Waals surface area contributed by atoms with Gasteiger partial charge in [0.2, 0.25) is 0 Å². The number of anilines is 1. The minimum Gasteiger partial charge on any atom is -0.384 e. The molecule has 2 rings (SSSR count).